The quantitative estimate of drug-likeness (QED) is 0.425. The van der Waals surface area contributed by atoms with Crippen molar-refractivity contribution >= 4 is 11.8 Å². The normalized spacial score (nSPS) is 15.8. The molecule has 1 atom stereocenters. The summed E-state index contributed by atoms with van der Waals surface area (Å²) in [6, 6.07) is 9.05. The molecular weight excluding hydrogens is 388 g/mol. The number of esters is 1. The number of H-pyrrole nitrogens is 1. The molecule has 0 amide bonds. The summed E-state index contributed by atoms with van der Waals surface area (Å²) >= 11 is 0. The SMILES string of the molecule is COC(=O)c1c(C)[nH]c(C(=O)CN[C@H](c2ccc(C3CCCCC3)cc2)C(C)C)c1C. The topological polar surface area (TPSA) is 71.2 Å². The molecular formula is C26H36N2O3. The third-order valence-corrected chi connectivity index (χ3v) is 6.63. The number of carbonyl (C=O) groups is 2. The minimum absolute atomic E-state index is 0.0553. The molecule has 5 nitrogen and oxygen atoms in total. The van der Waals surface area contributed by atoms with Crippen molar-refractivity contribution in [2.24, 2.45) is 5.92 Å². The Kier molecular flexibility index (Phi) is 7.71. The smallest absolute Gasteiger partial charge is 0.339 e. The highest BCUT2D eigenvalue weighted by atomic mass is 16.5. The number of hydrogen-bond acceptors (Lipinski definition) is 4. The molecule has 0 radical (unpaired) electrons. The van der Waals surface area contributed by atoms with Crippen LogP contribution in [0.4, 0.5) is 0 Å². The monoisotopic (exact) mass is 424 g/mol. The van der Waals surface area contributed by atoms with Gasteiger partial charge in [0.15, 0.2) is 5.78 Å². The lowest BCUT2D eigenvalue weighted by atomic mass is 9.83. The van der Waals surface area contributed by atoms with Crippen molar-refractivity contribution in [3.05, 3.63) is 57.9 Å². The number of aromatic amines is 1. The Morgan fingerprint density at radius 2 is 1.74 bits per heavy atom. The number of nitrogens with one attached hydrogen (secondary N) is 2. The zero-order valence-corrected chi connectivity index (χ0v) is 19.5. The van der Waals surface area contributed by atoms with E-state index in [0.717, 1.165) is 0 Å². The number of carbonyl (C=O) groups excluding carboxylic acids is 2. The van der Waals surface area contributed by atoms with Crippen LogP contribution in [0.1, 0.15) is 101 Å². The number of aryl methyl sites for hydroxylation is 1. The minimum Gasteiger partial charge on any atom is -0.465 e. The molecule has 5 heteroatoms. The van der Waals surface area contributed by atoms with Gasteiger partial charge in [0.1, 0.15) is 0 Å². The second kappa shape index (κ2) is 10.3. The van der Waals surface area contributed by atoms with Crippen molar-refractivity contribution in [3.8, 4) is 0 Å². The number of ether oxygens (including phenoxy) is 1. The first-order valence-corrected chi connectivity index (χ1v) is 11.5. The number of rotatable bonds is 8. The number of Topliss-reactive ketones (excluding diaryl/α,β-unsaturated/α-hetero) is 1. The van der Waals surface area contributed by atoms with E-state index in [1.807, 2.05) is 0 Å². The van der Waals surface area contributed by atoms with Crippen LogP contribution in [0.5, 0.6) is 0 Å². The first kappa shape index (κ1) is 23.3. The summed E-state index contributed by atoms with van der Waals surface area (Å²) in [5, 5.41) is 3.45. The zero-order valence-electron chi connectivity index (χ0n) is 19.5. The largest absolute Gasteiger partial charge is 0.465 e. The van der Waals surface area contributed by atoms with E-state index in [4.69, 9.17) is 4.74 Å². The number of aromatic nitrogens is 1. The fourth-order valence-corrected chi connectivity index (χ4v) is 4.88. The number of ketones is 1. The summed E-state index contributed by atoms with van der Waals surface area (Å²) in [5.74, 6) is 0.556. The molecule has 31 heavy (non-hydrogen) atoms. The molecule has 2 aromatic rings. The van der Waals surface area contributed by atoms with Crippen LogP contribution in [-0.4, -0.2) is 30.4 Å². The molecule has 0 saturated heterocycles. The molecule has 0 spiro atoms. The van der Waals surface area contributed by atoms with E-state index < -0.39 is 5.97 Å². The number of methoxy groups -OCH3 is 1. The molecule has 0 bridgehead atoms. The van der Waals surface area contributed by atoms with Crippen LogP contribution in [0, 0.1) is 19.8 Å². The molecule has 2 N–H and O–H groups in total. The molecule has 0 aliphatic heterocycles. The molecule has 1 aromatic carbocycles. The van der Waals surface area contributed by atoms with Gasteiger partial charge in [-0.3, -0.25) is 4.79 Å². The van der Waals surface area contributed by atoms with E-state index in [9.17, 15) is 9.59 Å². The predicted octanol–water partition coefficient (Wildman–Crippen LogP) is 5.64. The summed E-state index contributed by atoms with van der Waals surface area (Å²) in [4.78, 5) is 28.0. The Morgan fingerprint density at radius 3 is 2.32 bits per heavy atom. The summed E-state index contributed by atoms with van der Waals surface area (Å²) < 4.78 is 4.85. The maximum Gasteiger partial charge on any atom is 0.339 e. The minimum atomic E-state index is -0.420. The fourth-order valence-electron chi connectivity index (χ4n) is 4.88. The molecule has 3 rings (SSSR count). The summed E-state index contributed by atoms with van der Waals surface area (Å²) in [7, 11) is 1.35. The van der Waals surface area contributed by atoms with Gasteiger partial charge in [0.25, 0.3) is 0 Å². The summed E-state index contributed by atoms with van der Waals surface area (Å²) in [6.07, 6.45) is 6.62. The molecule has 1 fully saturated rings. The van der Waals surface area contributed by atoms with Crippen LogP contribution in [0.25, 0.3) is 0 Å². The molecule has 168 valence electrons. The Balaban J connectivity index is 1.70. The second-order valence-corrected chi connectivity index (χ2v) is 9.14. The average molecular weight is 425 g/mol. The van der Waals surface area contributed by atoms with Crippen molar-refractivity contribution in [3.63, 3.8) is 0 Å². The lowest BCUT2D eigenvalue weighted by Gasteiger charge is -2.25. The maximum atomic E-state index is 12.9. The lowest BCUT2D eigenvalue weighted by molar-refractivity contribution is 0.0599. The summed E-state index contributed by atoms with van der Waals surface area (Å²) in [5.41, 5.74) is 4.87. The van der Waals surface area contributed by atoms with Gasteiger partial charge in [0.05, 0.1) is 24.9 Å². The standard InChI is InChI=1S/C26H36N2O3/c1-16(2)24(21-13-11-20(12-14-21)19-9-7-6-8-10-19)27-15-22(29)25-17(3)23(18(4)28-25)26(30)31-5/h11-14,16,19,24,27-28H,6-10,15H2,1-5H3/t24-/m0/s1. The van der Waals surface area contributed by atoms with Gasteiger partial charge in [-0.2, -0.15) is 0 Å². The zero-order chi connectivity index (χ0) is 22.5. The van der Waals surface area contributed by atoms with E-state index in [1.54, 1.807) is 13.8 Å². The van der Waals surface area contributed by atoms with E-state index in [-0.39, 0.29) is 18.4 Å². The Hall–Kier alpha value is -2.40. The van der Waals surface area contributed by atoms with E-state index >= 15 is 0 Å². The van der Waals surface area contributed by atoms with Crippen LogP contribution >= 0.6 is 0 Å². The highest BCUT2D eigenvalue weighted by Gasteiger charge is 2.24. The molecule has 1 aromatic heterocycles. The van der Waals surface area contributed by atoms with E-state index in [1.165, 1.54) is 50.3 Å². The maximum absolute atomic E-state index is 12.9. The van der Waals surface area contributed by atoms with Gasteiger partial charge in [0.2, 0.25) is 0 Å². The van der Waals surface area contributed by atoms with Crippen molar-refractivity contribution in [2.45, 2.75) is 71.8 Å². The van der Waals surface area contributed by atoms with Gasteiger partial charge in [-0.05, 0) is 55.2 Å². The predicted molar refractivity (Wildman–Crippen MR) is 124 cm³/mol. The molecule has 1 aliphatic rings. The van der Waals surface area contributed by atoms with Crippen LogP contribution in [0.3, 0.4) is 0 Å². The van der Waals surface area contributed by atoms with Crippen LogP contribution in [0.15, 0.2) is 24.3 Å². The fraction of sp³-hybridized carbons (Fsp3) is 0.538. The highest BCUT2D eigenvalue weighted by molar-refractivity contribution is 6.02. The Labute approximate surface area is 186 Å². The van der Waals surface area contributed by atoms with Crippen LogP contribution < -0.4 is 5.32 Å². The highest BCUT2D eigenvalue weighted by Crippen LogP contribution is 2.33. The van der Waals surface area contributed by atoms with Crippen molar-refractivity contribution in [2.75, 3.05) is 13.7 Å². The van der Waals surface area contributed by atoms with Gasteiger partial charge < -0.3 is 15.0 Å². The van der Waals surface area contributed by atoms with Crippen molar-refractivity contribution < 1.29 is 14.3 Å². The third-order valence-electron chi connectivity index (χ3n) is 6.63. The van der Waals surface area contributed by atoms with Crippen LogP contribution in [-0.2, 0) is 4.74 Å². The van der Waals surface area contributed by atoms with E-state index in [2.05, 4.69) is 48.4 Å². The molecule has 1 aliphatic carbocycles. The van der Waals surface area contributed by atoms with E-state index in [0.29, 0.717) is 34.4 Å². The van der Waals surface area contributed by atoms with Crippen LogP contribution in [0.2, 0.25) is 0 Å². The Bertz CT molecular complexity index is 905. The number of benzene rings is 1. The summed E-state index contributed by atoms with van der Waals surface area (Å²) in [6.45, 7) is 8.10. The first-order chi connectivity index (χ1) is 14.8. The number of hydrogen-bond donors (Lipinski definition) is 2. The third kappa shape index (κ3) is 5.27. The lowest BCUT2D eigenvalue weighted by Crippen LogP contribution is -2.31. The second-order valence-electron chi connectivity index (χ2n) is 9.14. The van der Waals surface area contributed by atoms with Crippen molar-refractivity contribution in [1.29, 1.82) is 0 Å². The van der Waals surface area contributed by atoms with Gasteiger partial charge in [-0.1, -0.05) is 57.4 Å². The van der Waals surface area contributed by atoms with Gasteiger partial charge in [0, 0.05) is 11.7 Å². The molecule has 1 heterocycles. The first-order valence-electron chi connectivity index (χ1n) is 11.5. The van der Waals surface area contributed by atoms with Crippen molar-refractivity contribution in [1.82, 2.24) is 10.3 Å². The molecule has 1 saturated carbocycles. The average Bonchev–Trinajstić information content (AvgIpc) is 3.08. The molecule has 0 unspecified atom stereocenters. The van der Waals surface area contributed by atoms with Gasteiger partial charge >= 0.3 is 5.97 Å². The van der Waals surface area contributed by atoms with Gasteiger partial charge in [-0.15, -0.1) is 0 Å². The Morgan fingerprint density at radius 1 is 1.10 bits per heavy atom. The van der Waals surface area contributed by atoms with Gasteiger partial charge in [-0.25, -0.2) is 4.79 Å².